The summed E-state index contributed by atoms with van der Waals surface area (Å²) >= 11 is 0. The van der Waals surface area contributed by atoms with E-state index in [-0.39, 0.29) is 36.7 Å². The summed E-state index contributed by atoms with van der Waals surface area (Å²) in [5.74, 6) is -1.24. The fourth-order valence-electron chi connectivity index (χ4n) is 5.56. The average molecular weight is 638 g/mol. The number of rotatable bonds is 9. The maximum atomic E-state index is 13.7. The molecule has 0 aliphatic carbocycles. The van der Waals surface area contributed by atoms with Crippen LogP contribution in [0.25, 0.3) is 22.2 Å². The Bertz CT molecular complexity index is 2070. The Labute approximate surface area is 269 Å². The van der Waals surface area contributed by atoms with Gasteiger partial charge < -0.3 is 25.3 Å². The van der Waals surface area contributed by atoms with E-state index in [0.717, 1.165) is 5.56 Å². The number of Topliss-reactive ketones (excluding diaryl/α,β-unsaturated/α-hetero) is 1. The molecule has 1 aliphatic heterocycles. The number of anilines is 1. The number of aromatic nitrogens is 3. The van der Waals surface area contributed by atoms with Gasteiger partial charge in [-0.2, -0.15) is 0 Å². The summed E-state index contributed by atoms with van der Waals surface area (Å²) in [6.07, 6.45) is 2.83. The number of fused-ring (bicyclic) bond motifs is 2. The number of carbonyl (C=O) groups is 3. The second kappa shape index (κ2) is 11.7. The van der Waals surface area contributed by atoms with E-state index in [2.05, 4.69) is 20.3 Å². The Morgan fingerprint density at radius 1 is 1.09 bits per heavy atom. The number of hydrogen-bond acceptors (Lipinski definition) is 9. The van der Waals surface area contributed by atoms with Crippen molar-refractivity contribution >= 4 is 34.2 Å². The molecule has 2 aromatic carbocycles. The van der Waals surface area contributed by atoms with E-state index < -0.39 is 28.6 Å². The van der Waals surface area contributed by atoms with Crippen LogP contribution in [-0.4, -0.2) is 44.3 Å². The van der Waals surface area contributed by atoms with Gasteiger partial charge in [-0.05, 0) is 81.3 Å². The predicted molar refractivity (Wildman–Crippen MR) is 170 cm³/mol. The Hall–Kier alpha value is -5.49. The van der Waals surface area contributed by atoms with E-state index >= 15 is 0 Å². The van der Waals surface area contributed by atoms with E-state index in [1.165, 1.54) is 37.4 Å². The summed E-state index contributed by atoms with van der Waals surface area (Å²) in [7, 11) is 0. The molecule has 2 amide bonds. The van der Waals surface area contributed by atoms with E-state index in [9.17, 15) is 23.9 Å². The predicted octanol–water partition coefficient (Wildman–Crippen LogP) is 5.30. The van der Waals surface area contributed by atoms with Crippen LogP contribution in [0.15, 0.2) is 65.3 Å². The molecular weight excluding hydrogens is 605 g/mol. The van der Waals surface area contributed by atoms with Crippen LogP contribution < -0.4 is 15.8 Å². The first-order chi connectivity index (χ1) is 22.2. The summed E-state index contributed by atoms with van der Waals surface area (Å²) < 4.78 is 25.0. The number of aryl methyl sites for hydroxylation is 2. The molecule has 2 atom stereocenters. The molecule has 12 heteroatoms. The number of aliphatic hydroxyl groups is 1. The van der Waals surface area contributed by atoms with Gasteiger partial charge in [0.15, 0.2) is 11.7 Å². The van der Waals surface area contributed by atoms with E-state index in [1.54, 1.807) is 38.2 Å². The Morgan fingerprint density at radius 2 is 1.83 bits per heavy atom. The third kappa shape index (κ3) is 5.95. The normalized spacial score (nSPS) is 16.7. The lowest BCUT2D eigenvalue weighted by Crippen LogP contribution is -2.40. The monoisotopic (exact) mass is 637 g/mol. The van der Waals surface area contributed by atoms with Crippen molar-refractivity contribution in [2.24, 2.45) is 5.73 Å². The molecular formula is C35H32FN5O6. The molecule has 4 heterocycles. The molecule has 11 nitrogen and oxygen atoms in total. The van der Waals surface area contributed by atoms with Crippen LogP contribution in [0.3, 0.4) is 0 Å². The molecule has 3 aromatic heterocycles. The van der Waals surface area contributed by atoms with Crippen LogP contribution in [0.5, 0.6) is 5.75 Å². The third-order valence-corrected chi connectivity index (χ3v) is 8.46. The van der Waals surface area contributed by atoms with Crippen LogP contribution in [0.4, 0.5) is 10.1 Å². The van der Waals surface area contributed by atoms with Crippen LogP contribution in [0, 0.1) is 19.7 Å². The minimum Gasteiger partial charge on any atom is -0.489 e. The van der Waals surface area contributed by atoms with Crippen molar-refractivity contribution < 1.29 is 33.0 Å². The molecule has 47 heavy (non-hydrogen) atoms. The van der Waals surface area contributed by atoms with Crippen molar-refractivity contribution in [2.45, 2.75) is 51.6 Å². The van der Waals surface area contributed by atoms with Crippen molar-refractivity contribution in [3.05, 3.63) is 101 Å². The van der Waals surface area contributed by atoms with Crippen molar-refractivity contribution in [1.29, 1.82) is 0 Å². The number of benzene rings is 2. The number of nitrogens with two attached hydrogens (primary N) is 1. The molecule has 0 bridgehead atoms. The standard InChI is InChI=1S/C35H32FN5O6/c1-18-11-22-12-21(13-25(29(22)39-15-18)40-32(43)27-16-38-19(2)47-27)26(42)9-10-35(4,45)28-14-24-31(46-17-34(24,3)33(37)44)30(41-28)20-5-7-23(36)8-6-20/h5-8,11-16,45H,9-10,17H2,1-4H3,(H2,37,44)(H,40,43)/t34-,35-/m0/s1. The average Bonchev–Trinajstić information content (AvgIpc) is 3.63. The number of primary amides is 1. The van der Waals surface area contributed by atoms with Crippen LogP contribution in [0.2, 0.25) is 0 Å². The van der Waals surface area contributed by atoms with Gasteiger partial charge in [0.25, 0.3) is 5.91 Å². The molecule has 0 radical (unpaired) electrons. The molecule has 240 valence electrons. The van der Waals surface area contributed by atoms with Gasteiger partial charge in [0.1, 0.15) is 34.9 Å². The fourth-order valence-corrected chi connectivity index (χ4v) is 5.56. The molecule has 4 N–H and O–H groups in total. The minimum atomic E-state index is -1.64. The summed E-state index contributed by atoms with van der Waals surface area (Å²) in [6, 6.07) is 12.3. The van der Waals surface area contributed by atoms with E-state index in [4.69, 9.17) is 14.9 Å². The number of nitrogens with zero attached hydrogens (tertiary/aromatic N) is 3. The number of ether oxygens (including phenoxy) is 1. The van der Waals surface area contributed by atoms with E-state index in [0.29, 0.717) is 50.6 Å². The first kappa shape index (κ1) is 31.5. The number of nitrogens with one attached hydrogen (secondary N) is 1. The van der Waals surface area contributed by atoms with Crippen LogP contribution in [0.1, 0.15) is 70.3 Å². The van der Waals surface area contributed by atoms with Gasteiger partial charge >= 0.3 is 0 Å². The maximum Gasteiger partial charge on any atom is 0.293 e. The molecule has 0 unspecified atom stereocenters. The zero-order valence-electron chi connectivity index (χ0n) is 26.2. The zero-order valence-corrected chi connectivity index (χ0v) is 26.2. The van der Waals surface area contributed by atoms with Gasteiger partial charge in [0.2, 0.25) is 11.7 Å². The number of carbonyl (C=O) groups excluding carboxylic acids is 3. The summed E-state index contributed by atoms with van der Waals surface area (Å²) in [5.41, 5.74) is 6.35. The van der Waals surface area contributed by atoms with Crippen molar-refractivity contribution in [2.75, 3.05) is 11.9 Å². The van der Waals surface area contributed by atoms with Crippen molar-refractivity contribution in [1.82, 2.24) is 15.0 Å². The molecule has 0 fully saturated rings. The highest BCUT2D eigenvalue weighted by Crippen LogP contribution is 2.46. The molecule has 6 rings (SSSR count). The number of oxazole rings is 1. The lowest BCUT2D eigenvalue weighted by molar-refractivity contribution is -0.123. The molecule has 0 spiro atoms. The number of hydrogen-bond donors (Lipinski definition) is 3. The highest BCUT2D eigenvalue weighted by molar-refractivity contribution is 6.09. The second-order valence-electron chi connectivity index (χ2n) is 12.2. The smallest absolute Gasteiger partial charge is 0.293 e. The number of amides is 2. The highest BCUT2D eigenvalue weighted by Gasteiger charge is 2.45. The number of halogens is 1. The minimum absolute atomic E-state index is 0.00947. The summed E-state index contributed by atoms with van der Waals surface area (Å²) in [6.45, 7) is 6.64. The van der Waals surface area contributed by atoms with Gasteiger partial charge in [-0.25, -0.2) is 14.4 Å². The summed E-state index contributed by atoms with van der Waals surface area (Å²) in [4.78, 5) is 52.2. The van der Waals surface area contributed by atoms with Gasteiger partial charge in [-0.3, -0.25) is 19.4 Å². The van der Waals surface area contributed by atoms with Gasteiger partial charge in [-0.15, -0.1) is 0 Å². The SMILES string of the molecule is Cc1cnc2c(NC(=O)c3cnc(C)o3)cc(C(=O)CC[C@](C)(O)c3cc4c(c(-c5ccc(F)cc5)n3)OC[C@]4(C)C(N)=O)cc2c1. The topological polar surface area (TPSA) is 171 Å². The van der Waals surface area contributed by atoms with Gasteiger partial charge in [0, 0.05) is 41.6 Å². The lowest BCUT2D eigenvalue weighted by atomic mass is 9.81. The maximum absolute atomic E-state index is 13.7. The largest absolute Gasteiger partial charge is 0.489 e. The quantitative estimate of drug-likeness (QED) is 0.182. The Morgan fingerprint density at radius 3 is 2.51 bits per heavy atom. The molecule has 0 saturated heterocycles. The number of pyridine rings is 2. The lowest BCUT2D eigenvalue weighted by Gasteiger charge is -2.26. The first-order valence-corrected chi connectivity index (χ1v) is 14.9. The van der Waals surface area contributed by atoms with Gasteiger partial charge in [-0.1, -0.05) is 0 Å². The Kier molecular flexibility index (Phi) is 7.84. The zero-order chi connectivity index (χ0) is 33.7. The van der Waals surface area contributed by atoms with Crippen molar-refractivity contribution in [3.8, 4) is 17.0 Å². The van der Waals surface area contributed by atoms with Crippen LogP contribution >= 0.6 is 0 Å². The first-order valence-electron chi connectivity index (χ1n) is 14.9. The highest BCUT2D eigenvalue weighted by atomic mass is 19.1. The molecule has 0 saturated carbocycles. The van der Waals surface area contributed by atoms with Gasteiger partial charge in [0.05, 0.1) is 23.1 Å². The fraction of sp³-hybridized carbons (Fsp3) is 0.257. The van der Waals surface area contributed by atoms with E-state index in [1.807, 2.05) is 13.0 Å². The van der Waals surface area contributed by atoms with Crippen LogP contribution in [-0.2, 0) is 15.8 Å². The number of ketones is 1. The molecule has 5 aromatic rings. The Balaban J connectivity index is 1.32. The second-order valence-corrected chi connectivity index (χ2v) is 12.2. The van der Waals surface area contributed by atoms with Crippen molar-refractivity contribution in [3.63, 3.8) is 0 Å². The summed E-state index contributed by atoms with van der Waals surface area (Å²) in [5, 5.41) is 15.1. The third-order valence-electron chi connectivity index (χ3n) is 8.46. The molecule has 1 aliphatic rings.